The SMILES string of the molecule is CC(N(C)C(=O)C(C(=O)O)C(C)(C)C)C(C)(C)C. The summed E-state index contributed by atoms with van der Waals surface area (Å²) in [5.41, 5.74) is -0.667. The van der Waals surface area contributed by atoms with Gasteiger partial charge in [-0.3, -0.25) is 9.59 Å². The summed E-state index contributed by atoms with van der Waals surface area (Å²) in [5.74, 6) is -2.38. The Kier molecular flexibility index (Phi) is 4.98. The highest BCUT2D eigenvalue weighted by molar-refractivity contribution is 5.97. The van der Waals surface area contributed by atoms with Crippen LogP contribution in [0.4, 0.5) is 0 Å². The molecule has 0 aromatic carbocycles. The Morgan fingerprint density at radius 2 is 1.39 bits per heavy atom. The van der Waals surface area contributed by atoms with E-state index in [9.17, 15) is 14.7 Å². The number of hydrogen-bond donors (Lipinski definition) is 1. The van der Waals surface area contributed by atoms with Crippen LogP contribution in [0.3, 0.4) is 0 Å². The van der Waals surface area contributed by atoms with Crippen molar-refractivity contribution >= 4 is 11.9 Å². The van der Waals surface area contributed by atoms with Crippen LogP contribution in [0, 0.1) is 16.7 Å². The van der Waals surface area contributed by atoms with Gasteiger partial charge in [0.2, 0.25) is 5.91 Å². The molecule has 0 aromatic heterocycles. The average molecular weight is 257 g/mol. The fraction of sp³-hybridized carbons (Fsp3) is 0.857. The molecule has 0 saturated heterocycles. The largest absolute Gasteiger partial charge is 0.481 e. The van der Waals surface area contributed by atoms with Crippen LogP contribution in [0.5, 0.6) is 0 Å². The van der Waals surface area contributed by atoms with E-state index in [4.69, 9.17) is 0 Å². The van der Waals surface area contributed by atoms with Crippen LogP contribution >= 0.6 is 0 Å². The van der Waals surface area contributed by atoms with Crippen molar-refractivity contribution in [2.45, 2.75) is 54.5 Å². The normalized spacial score (nSPS) is 16.0. The summed E-state index contributed by atoms with van der Waals surface area (Å²) in [5, 5.41) is 9.27. The lowest BCUT2D eigenvalue weighted by Gasteiger charge is -2.38. The summed E-state index contributed by atoms with van der Waals surface area (Å²) < 4.78 is 0. The molecule has 1 N–H and O–H groups in total. The molecular formula is C14H27NO3. The number of hydrogen-bond acceptors (Lipinski definition) is 2. The lowest BCUT2D eigenvalue weighted by Crippen LogP contribution is -2.50. The minimum atomic E-state index is -1.06. The van der Waals surface area contributed by atoms with Gasteiger partial charge in [-0.05, 0) is 17.8 Å². The Hall–Kier alpha value is -1.06. The van der Waals surface area contributed by atoms with Crippen molar-refractivity contribution in [1.29, 1.82) is 0 Å². The zero-order valence-corrected chi connectivity index (χ0v) is 12.9. The first-order chi connectivity index (χ1) is 7.80. The van der Waals surface area contributed by atoms with Crippen LogP contribution in [0.1, 0.15) is 48.5 Å². The van der Waals surface area contributed by atoms with Gasteiger partial charge in [0.1, 0.15) is 5.92 Å². The van der Waals surface area contributed by atoms with Gasteiger partial charge in [-0.1, -0.05) is 41.5 Å². The van der Waals surface area contributed by atoms with Crippen molar-refractivity contribution in [3.63, 3.8) is 0 Å². The quantitative estimate of drug-likeness (QED) is 0.791. The molecule has 0 aliphatic rings. The van der Waals surface area contributed by atoms with Crippen molar-refractivity contribution in [3.05, 3.63) is 0 Å². The number of carboxylic acid groups (broad SMARTS) is 1. The van der Waals surface area contributed by atoms with E-state index < -0.39 is 17.3 Å². The van der Waals surface area contributed by atoms with Crippen LogP contribution in [-0.4, -0.2) is 35.0 Å². The molecule has 4 heteroatoms. The first-order valence-electron chi connectivity index (χ1n) is 6.29. The molecule has 0 heterocycles. The Morgan fingerprint density at radius 1 is 1.00 bits per heavy atom. The molecule has 2 atom stereocenters. The third kappa shape index (κ3) is 4.00. The third-order valence-electron chi connectivity index (χ3n) is 3.54. The van der Waals surface area contributed by atoms with Gasteiger partial charge in [-0.15, -0.1) is 0 Å². The zero-order valence-electron chi connectivity index (χ0n) is 12.9. The minimum Gasteiger partial charge on any atom is -0.481 e. The summed E-state index contributed by atoms with van der Waals surface area (Å²) in [6.07, 6.45) is 0. The number of carbonyl (C=O) groups excluding carboxylic acids is 1. The van der Waals surface area contributed by atoms with E-state index in [1.165, 1.54) is 0 Å². The second-order valence-electron chi connectivity index (χ2n) is 7.13. The summed E-state index contributed by atoms with van der Waals surface area (Å²) in [7, 11) is 1.68. The highest BCUT2D eigenvalue weighted by Crippen LogP contribution is 2.30. The maximum Gasteiger partial charge on any atom is 0.316 e. The highest BCUT2D eigenvalue weighted by atomic mass is 16.4. The summed E-state index contributed by atoms with van der Waals surface area (Å²) in [4.78, 5) is 25.2. The van der Waals surface area contributed by atoms with E-state index in [0.29, 0.717) is 0 Å². The summed E-state index contributed by atoms with van der Waals surface area (Å²) in [6, 6.07) is -0.0193. The van der Waals surface area contributed by atoms with Crippen molar-refractivity contribution in [3.8, 4) is 0 Å². The topological polar surface area (TPSA) is 57.6 Å². The molecule has 0 rings (SSSR count). The second-order valence-corrected chi connectivity index (χ2v) is 7.13. The predicted molar refractivity (Wildman–Crippen MR) is 72.3 cm³/mol. The van der Waals surface area contributed by atoms with Crippen molar-refractivity contribution < 1.29 is 14.7 Å². The molecule has 0 aliphatic carbocycles. The van der Waals surface area contributed by atoms with Crippen molar-refractivity contribution in [2.75, 3.05) is 7.05 Å². The van der Waals surface area contributed by atoms with Gasteiger partial charge >= 0.3 is 5.97 Å². The monoisotopic (exact) mass is 257 g/mol. The van der Waals surface area contributed by atoms with Gasteiger partial charge in [0.05, 0.1) is 0 Å². The van der Waals surface area contributed by atoms with E-state index in [0.717, 1.165) is 0 Å². The molecule has 2 unspecified atom stereocenters. The molecule has 0 bridgehead atoms. The van der Waals surface area contributed by atoms with E-state index in [-0.39, 0.29) is 17.4 Å². The second kappa shape index (κ2) is 5.29. The predicted octanol–water partition coefficient (Wildman–Crippen LogP) is 2.63. The molecule has 0 radical (unpaired) electrons. The number of rotatable bonds is 3. The maximum absolute atomic E-state index is 12.4. The van der Waals surface area contributed by atoms with Crippen LogP contribution in [0.15, 0.2) is 0 Å². The van der Waals surface area contributed by atoms with E-state index >= 15 is 0 Å². The van der Waals surface area contributed by atoms with Crippen LogP contribution in [-0.2, 0) is 9.59 Å². The number of nitrogens with zero attached hydrogens (tertiary/aromatic N) is 1. The molecule has 0 spiro atoms. The lowest BCUT2D eigenvalue weighted by atomic mass is 9.78. The van der Waals surface area contributed by atoms with Gasteiger partial charge in [-0.25, -0.2) is 0 Å². The molecule has 0 aliphatic heterocycles. The fourth-order valence-electron chi connectivity index (χ4n) is 1.82. The Labute approximate surface area is 110 Å². The van der Waals surface area contributed by atoms with Crippen LogP contribution in [0.2, 0.25) is 0 Å². The van der Waals surface area contributed by atoms with Gasteiger partial charge in [0.15, 0.2) is 0 Å². The average Bonchev–Trinajstić information content (AvgIpc) is 2.10. The first kappa shape index (κ1) is 16.9. The standard InChI is InChI=1S/C14H27NO3/c1-9(13(2,3)4)15(8)11(16)10(12(17)18)14(5,6)7/h9-10H,1-8H3,(H,17,18). The van der Waals surface area contributed by atoms with Crippen LogP contribution < -0.4 is 0 Å². The molecule has 0 fully saturated rings. The maximum atomic E-state index is 12.4. The number of carbonyl (C=O) groups is 2. The molecular weight excluding hydrogens is 230 g/mol. The smallest absolute Gasteiger partial charge is 0.316 e. The molecule has 18 heavy (non-hydrogen) atoms. The van der Waals surface area contributed by atoms with Gasteiger partial charge in [0.25, 0.3) is 0 Å². The summed E-state index contributed by atoms with van der Waals surface area (Å²) >= 11 is 0. The number of amides is 1. The molecule has 0 saturated carbocycles. The zero-order chi connectivity index (χ0) is 14.9. The van der Waals surface area contributed by atoms with E-state index in [1.807, 2.05) is 27.7 Å². The Balaban J connectivity index is 5.19. The lowest BCUT2D eigenvalue weighted by molar-refractivity contribution is -0.157. The van der Waals surface area contributed by atoms with Crippen molar-refractivity contribution in [1.82, 2.24) is 4.90 Å². The molecule has 1 amide bonds. The van der Waals surface area contributed by atoms with Crippen molar-refractivity contribution in [2.24, 2.45) is 16.7 Å². The molecule has 0 aromatic rings. The van der Waals surface area contributed by atoms with E-state index in [1.54, 1.807) is 32.7 Å². The Bertz CT molecular complexity index is 323. The minimum absolute atomic E-state index is 0.0193. The van der Waals surface area contributed by atoms with Gasteiger partial charge in [-0.2, -0.15) is 0 Å². The highest BCUT2D eigenvalue weighted by Gasteiger charge is 2.41. The number of aliphatic carboxylic acids is 1. The Morgan fingerprint density at radius 3 is 1.61 bits per heavy atom. The first-order valence-corrected chi connectivity index (χ1v) is 6.29. The van der Waals surface area contributed by atoms with Gasteiger partial charge < -0.3 is 10.0 Å². The van der Waals surface area contributed by atoms with E-state index in [2.05, 4.69) is 0 Å². The van der Waals surface area contributed by atoms with Crippen LogP contribution in [0.25, 0.3) is 0 Å². The van der Waals surface area contributed by atoms with Gasteiger partial charge in [0, 0.05) is 13.1 Å². The number of carboxylic acids is 1. The summed E-state index contributed by atoms with van der Waals surface area (Å²) in [6.45, 7) is 13.4. The molecule has 4 nitrogen and oxygen atoms in total. The fourth-order valence-corrected chi connectivity index (χ4v) is 1.82. The third-order valence-corrected chi connectivity index (χ3v) is 3.54. The molecule has 106 valence electrons.